The second-order valence-corrected chi connectivity index (χ2v) is 4.34. The first-order valence-electron chi connectivity index (χ1n) is 5.38. The van der Waals surface area contributed by atoms with Crippen LogP contribution in [-0.4, -0.2) is 16.9 Å². The third-order valence-electron chi connectivity index (χ3n) is 3.35. The summed E-state index contributed by atoms with van der Waals surface area (Å²) in [7, 11) is 0. The summed E-state index contributed by atoms with van der Waals surface area (Å²) in [6.45, 7) is 5.74. The summed E-state index contributed by atoms with van der Waals surface area (Å²) in [5, 5.41) is 9.08. The Kier molecular flexibility index (Phi) is 3.66. The number of allylic oxidation sites excluding steroid dienone is 2. The van der Waals surface area contributed by atoms with Gasteiger partial charge < -0.3 is 5.11 Å². The summed E-state index contributed by atoms with van der Waals surface area (Å²) in [6, 6.07) is 0. The van der Waals surface area contributed by atoms with Gasteiger partial charge in [-0.3, -0.25) is 9.59 Å². The highest BCUT2D eigenvalue weighted by Gasteiger charge is 2.35. The standard InChI is InChI=1S/C12H18O3/c1-4-11(13)9-5-7(2)8(3)6-10(9)12(14)15/h9-10H,4-6H2,1-3H3,(H,14,15)/t9-,10+/m1/s1. The molecule has 0 radical (unpaired) electrons. The molecule has 0 aromatic carbocycles. The molecule has 0 bridgehead atoms. The van der Waals surface area contributed by atoms with E-state index in [2.05, 4.69) is 0 Å². The van der Waals surface area contributed by atoms with Crippen LogP contribution in [-0.2, 0) is 9.59 Å². The number of hydrogen-bond donors (Lipinski definition) is 1. The molecule has 0 aromatic heterocycles. The number of ketones is 1. The first-order chi connectivity index (χ1) is 6.97. The zero-order chi connectivity index (χ0) is 11.6. The van der Waals surface area contributed by atoms with Crippen LogP contribution < -0.4 is 0 Å². The molecule has 1 aliphatic rings. The number of aliphatic carboxylic acids is 1. The molecule has 0 amide bonds. The molecule has 3 nitrogen and oxygen atoms in total. The zero-order valence-electron chi connectivity index (χ0n) is 9.54. The summed E-state index contributed by atoms with van der Waals surface area (Å²) in [5.41, 5.74) is 2.31. The second kappa shape index (κ2) is 4.60. The largest absolute Gasteiger partial charge is 0.481 e. The predicted molar refractivity (Wildman–Crippen MR) is 57.5 cm³/mol. The molecule has 0 aromatic rings. The summed E-state index contributed by atoms with van der Waals surface area (Å²) in [4.78, 5) is 22.7. The van der Waals surface area contributed by atoms with Crippen molar-refractivity contribution in [3.05, 3.63) is 11.1 Å². The molecule has 0 unspecified atom stereocenters. The Bertz CT molecular complexity index is 315. The van der Waals surface area contributed by atoms with Gasteiger partial charge in [0.2, 0.25) is 0 Å². The summed E-state index contributed by atoms with van der Waals surface area (Å²) in [6.07, 6.45) is 1.58. The molecular formula is C12H18O3. The predicted octanol–water partition coefficient (Wildman–Crippen LogP) is 2.41. The van der Waals surface area contributed by atoms with Crippen molar-refractivity contribution >= 4 is 11.8 Å². The fourth-order valence-corrected chi connectivity index (χ4v) is 2.15. The molecule has 84 valence electrons. The van der Waals surface area contributed by atoms with Crippen molar-refractivity contribution in [2.24, 2.45) is 11.8 Å². The monoisotopic (exact) mass is 210 g/mol. The van der Waals surface area contributed by atoms with Crippen molar-refractivity contribution in [1.29, 1.82) is 0 Å². The van der Waals surface area contributed by atoms with E-state index in [-0.39, 0.29) is 11.7 Å². The Morgan fingerprint density at radius 2 is 1.67 bits per heavy atom. The fourth-order valence-electron chi connectivity index (χ4n) is 2.15. The first-order valence-corrected chi connectivity index (χ1v) is 5.38. The van der Waals surface area contributed by atoms with Crippen molar-refractivity contribution in [3.63, 3.8) is 0 Å². The van der Waals surface area contributed by atoms with Crippen LogP contribution in [0.15, 0.2) is 11.1 Å². The first kappa shape index (κ1) is 12.0. The van der Waals surface area contributed by atoms with Gasteiger partial charge in [-0.15, -0.1) is 0 Å². The molecule has 3 heteroatoms. The molecule has 0 saturated carbocycles. The maximum Gasteiger partial charge on any atom is 0.307 e. The normalized spacial score (nSPS) is 26.6. The van der Waals surface area contributed by atoms with Gasteiger partial charge in [0, 0.05) is 12.3 Å². The Morgan fingerprint density at radius 1 is 1.20 bits per heavy atom. The smallest absolute Gasteiger partial charge is 0.307 e. The highest BCUT2D eigenvalue weighted by atomic mass is 16.4. The van der Waals surface area contributed by atoms with Crippen LogP contribution >= 0.6 is 0 Å². The average Bonchev–Trinajstić information content (AvgIpc) is 2.20. The van der Waals surface area contributed by atoms with Crippen LogP contribution in [0, 0.1) is 11.8 Å². The van der Waals surface area contributed by atoms with Crippen molar-refractivity contribution in [1.82, 2.24) is 0 Å². The summed E-state index contributed by atoms with van der Waals surface area (Å²) in [5.74, 6) is -1.58. The lowest BCUT2D eigenvalue weighted by molar-refractivity contribution is -0.147. The van der Waals surface area contributed by atoms with Crippen molar-refractivity contribution in [2.75, 3.05) is 0 Å². The van der Waals surface area contributed by atoms with Crippen LogP contribution in [0.4, 0.5) is 0 Å². The fraction of sp³-hybridized carbons (Fsp3) is 0.667. The highest BCUT2D eigenvalue weighted by molar-refractivity contribution is 5.86. The molecule has 15 heavy (non-hydrogen) atoms. The average molecular weight is 210 g/mol. The van der Waals surface area contributed by atoms with E-state index in [1.54, 1.807) is 6.92 Å². The van der Waals surface area contributed by atoms with Crippen molar-refractivity contribution in [3.8, 4) is 0 Å². The Morgan fingerprint density at radius 3 is 2.07 bits per heavy atom. The maximum absolute atomic E-state index is 11.6. The number of carboxylic acids is 1. The van der Waals surface area contributed by atoms with E-state index >= 15 is 0 Å². The van der Waals surface area contributed by atoms with E-state index in [4.69, 9.17) is 5.11 Å². The van der Waals surface area contributed by atoms with Gasteiger partial charge in [0.05, 0.1) is 5.92 Å². The number of hydrogen-bond acceptors (Lipinski definition) is 2. The van der Waals surface area contributed by atoms with Crippen molar-refractivity contribution in [2.45, 2.75) is 40.0 Å². The Hall–Kier alpha value is -1.12. The molecule has 0 spiro atoms. The SMILES string of the molecule is CCC(=O)[C@@H]1CC(C)=C(C)C[C@@H]1C(=O)O. The van der Waals surface area contributed by atoms with E-state index in [9.17, 15) is 9.59 Å². The zero-order valence-corrected chi connectivity index (χ0v) is 9.54. The van der Waals surface area contributed by atoms with Gasteiger partial charge in [0.25, 0.3) is 0 Å². The summed E-state index contributed by atoms with van der Waals surface area (Å²) >= 11 is 0. The maximum atomic E-state index is 11.6. The van der Waals surface area contributed by atoms with Crippen LogP contribution in [0.2, 0.25) is 0 Å². The van der Waals surface area contributed by atoms with E-state index in [1.807, 2.05) is 13.8 Å². The number of rotatable bonds is 3. The number of carboxylic acid groups (broad SMARTS) is 1. The minimum atomic E-state index is -0.839. The molecular weight excluding hydrogens is 192 g/mol. The highest BCUT2D eigenvalue weighted by Crippen LogP contribution is 2.35. The van der Waals surface area contributed by atoms with E-state index < -0.39 is 11.9 Å². The minimum Gasteiger partial charge on any atom is -0.481 e. The van der Waals surface area contributed by atoms with Crippen LogP contribution in [0.3, 0.4) is 0 Å². The van der Waals surface area contributed by atoms with Gasteiger partial charge in [0.1, 0.15) is 5.78 Å². The lowest BCUT2D eigenvalue weighted by atomic mass is 9.74. The second-order valence-electron chi connectivity index (χ2n) is 4.34. The molecule has 0 fully saturated rings. The molecule has 0 aliphatic heterocycles. The van der Waals surface area contributed by atoms with E-state index in [0.29, 0.717) is 19.3 Å². The number of Topliss-reactive ketones (excluding diaryl/α,β-unsaturated/α-hetero) is 1. The Labute approximate surface area is 90.2 Å². The Balaban J connectivity index is 2.94. The quantitative estimate of drug-likeness (QED) is 0.728. The van der Waals surface area contributed by atoms with Crippen LogP contribution in [0.25, 0.3) is 0 Å². The third kappa shape index (κ3) is 2.46. The number of carbonyl (C=O) groups excluding carboxylic acids is 1. The molecule has 2 atom stereocenters. The van der Waals surface area contributed by atoms with E-state index in [1.165, 1.54) is 5.57 Å². The minimum absolute atomic E-state index is 0.0780. The molecule has 0 heterocycles. The molecule has 1 rings (SSSR count). The van der Waals surface area contributed by atoms with Crippen molar-refractivity contribution < 1.29 is 14.7 Å². The lowest BCUT2D eigenvalue weighted by Gasteiger charge is -2.29. The molecule has 1 aliphatic carbocycles. The topological polar surface area (TPSA) is 54.4 Å². The van der Waals surface area contributed by atoms with Gasteiger partial charge in [-0.05, 0) is 26.7 Å². The van der Waals surface area contributed by atoms with Crippen LogP contribution in [0.1, 0.15) is 40.0 Å². The lowest BCUT2D eigenvalue weighted by Crippen LogP contribution is -2.32. The van der Waals surface area contributed by atoms with Gasteiger partial charge in [-0.1, -0.05) is 18.1 Å². The summed E-state index contributed by atoms with van der Waals surface area (Å²) < 4.78 is 0. The number of carbonyl (C=O) groups is 2. The third-order valence-corrected chi connectivity index (χ3v) is 3.35. The van der Waals surface area contributed by atoms with E-state index in [0.717, 1.165) is 5.57 Å². The van der Waals surface area contributed by atoms with Gasteiger partial charge in [0.15, 0.2) is 0 Å². The molecule has 0 saturated heterocycles. The van der Waals surface area contributed by atoms with Gasteiger partial charge in [-0.25, -0.2) is 0 Å². The van der Waals surface area contributed by atoms with Gasteiger partial charge in [-0.2, -0.15) is 0 Å². The molecule has 1 N–H and O–H groups in total. The van der Waals surface area contributed by atoms with Crippen LogP contribution in [0.5, 0.6) is 0 Å². The van der Waals surface area contributed by atoms with Gasteiger partial charge >= 0.3 is 5.97 Å².